The number of carboxylic acids is 1. The molecule has 0 amide bonds. The number of nitrogens with zero attached hydrogens (tertiary/aromatic N) is 3. The number of carbonyl (C=O) groups is 1. The maximum absolute atomic E-state index is 12.8. The number of hydrogen-bond acceptors (Lipinski definition) is 4. The average Bonchev–Trinajstić information content (AvgIpc) is 3.17. The number of aryl methyl sites for hydroxylation is 1. The third kappa shape index (κ3) is 3.45. The third-order valence-electron chi connectivity index (χ3n) is 4.39. The van der Waals surface area contributed by atoms with Gasteiger partial charge in [-0.2, -0.15) is 13.2 Å². The predicted molar refractivity (Wildman–Crippen MR) is 80.9 cm³/mol. The van der Waals surface area contributed by atoms with E-state index in [0.29, 0.717) is 11.5 Å². The molecule has 2 heterocycles. The number of carboxylic acid groups (broad SMARTS) is 1. The Hall–Kier alpha value is -2.58. The van der Waals surface area contributed by atoms with E-state index < -0.39 is 17.6 Å². The Morgan fingerprint density at radius 1 is 1.36 bits per heavy atom. The molecule has 0 spiro atoms. The van der Waals surface area contributed by atoms with Gasteiger partial charge in [-0.3, -0.25) is 0 Å². The number of aromatic carboxylic acids is 1. The van der Waals surface area contributed by atoms with Crippen molar-refractivity contribution in [3.8, 4) is 11.7 Å². The van der Waals surface area contributed by atoms with Crippen LogP contribution in [0.5, 0.6) is 5.88 Å². The van der Waals surface area contributed by atoms with Crippen molar-refractivity contribution in [1.29, 1.82) is 0 Å². The van der Waals surface area contributed by atoms with E-state index in [-0.39, 0.29) is 37.3 Å². The van der Waals surface area contributed by atoms with Crippen molar-refractivity contribution in [2.45, 2.75) is 32.4 Å². The van der Waals surface area contributed by atoms with E-state index in [1.807, 2.05) is 0 Å². The molecule has 0 atom stereocenters. The van der Waals surface area contributed by atoms with E-state index in [0.717, 1.165) is 0 Å². The van der Waals surface area contributed by atoms with Gasteiger partial charge in [-0.15, -0.1) is 5.10 Å². The highest BCUT2D eigenvalue weighted by atomic mass is 19.4. The van der Waals surface area contributed by atoms with Crippen molar-refractivity contribution < 1.29 is 27.8 Å². The number of pyridine rings is 1. The van der Waals surface area contributed by atoms with Gasteiger partial charge in [0.2, 0.25) is 5.88 Å². The highest BCUT2D eigenvalue weighted by molar-refractivity contribution is 5.88. The van der Waals surface area contributed by atoms with Gasteiger partial charge < -0.3 is 9.84 Å². The summed E-state index contributed by atoms with van der Waals surface area (Å²) in [6.07, 6.45) is -2.44. The average molecular weight is 355 g/mol. The quantitative estimate of drug-likeness (QED) is 0.859. The van der Waals surface area contributed by atoms with Crippen molar-refractivity contribution in [3.05, 3.63) is 35.7 Å². The molecule has 2 aromatic rings. The number of rotatable bonds is 6. The first kappa shape index (κ1) is 17.2. The molecule has 1 N–H and O–H groups in total. The zero-order chi connectivity index (χ0) is 18.2. The van der Waals surface area contributed by atoms with Crippen LogP contribution in [0.2, 0.25) is 0 Å². The van der Waals surface area contributed by atoms with Crippen LogP contribution >= 0.6 is 0 Å². The van der Waals surface area contributed by atoms with E-state index in [4.69, 9.17) is 9.84 Å². The zero-order valence-electron chi connectivity index (χ0n) is 13.4. The van der Waals surface area contributed by atoms with Gasteiger partial charge in [-0.1, -0.05) is 0 Å². The van der Waals surface area contributed by atoms with Gasteiger partial charge in [-0.05, 0) is 38.3 Å². The monoisotopic (exact) mass is 355 g/mol. The topological polar surface area (TPSA) is 77.2 Å². The highest BCUT2D eigenvalue weighted by Gasteiger charge is 2.62. The summed E-state index contributed by atoms with van der Waals surface area (Å²) >= 11 is 0. The minimum atomic E-state index is -4.19. The molecule has 0 radical (unpaired) electrons. The maximum Gasteiger partial charge on any atom is 0.394 e. The van der Waals surface area contributed by atoms with Crippen LogP contribution < -0.4 is 4.74 Å². The Morgan fingerprint density at radius 3 is 2.64 bits per heavy atom. The summed E-state index contributed by atoms with van der Waals surface area (Å²) in [6.45, 7) is 1.50. The van der Waals surface area contributed by atoms with Crippen molar-refractivity contribution in [1.82, 2.24) is 14.8 Å². The van der Waals surface area contributed by atoms with Crippen LogP contribution in [-0.2, 0) is 0 Å². The molecule has 1 aliphatic carbocycles. The third-order valence-corrected chi connectivity index (χ3v) is 4.39. The Balaban J connectivity index is 1.63. The molecule has 0 unspecified atom stereocenters. The second kappa shape index (κ2) is 6.05. The van der Waals surface area contributed by atoms with Crippen molar-refractivity contribution in [2.24, 2.45) is 5.41 Å². The van der Waals surface area contributed by atoms with Crippen molar-refractivity contribution >= 4 is 5.97 Å². The lowest BCUT2D eigenvalue weighted by Crippen LogP contribution is -2.26. The molecular formula is C16H16F3N3O3. The molecule has 1 aliphatic rings. The highest BCUT2D eigenvalue weighted by Crippen LogP contribution is 2.59. The van der Waals surface area contributed by atoms with Gasteiger partial charge >= 0.3 is 12.1 Å². The first-order valence-electron chi connectivity index (χ1n) is 7.68. The Morgan fingerprint density at radius 2 is 2.08 bits per heavy atom. The fraction of sp³-hybridized carbons (Fsp3) is 0.438. The zero-order valence-corrected chi connectivity index (χ0v) is 13.4. The number of aromatic nitrogens is 3. The van der Waals surface area contributed by atoms with Gasteiger partial charge in [0.05, 0.1) is 23.3 Å². The van der Waals surface area contributed by atoms with Gasteiger partial charge in [0.25, 0.3) is 0 Å². The molecular weight excluding hydrogens is 339 g/mol. The Kier molecular flexibility index (Phi) is 4.18. The molecule has 25 heavy (non-hydrogen) atoms. The molecule has 2 aromatic heterocycles. The predicted octanol–water partition coefficient (Wildman–Crippen LogP) is 3.39. The van der Waals surface area contributed by atoms with E-state index in [1.165, 1.54) is 22.9 Å². The summed E-state index contributed by atoms with van der Waals surface area (Å²) in [6, 6.07) is 4.44. The standard InChI is InChI=1S/C16H16F3N3O3/c1-10-11(14(23)24)2-3-12(20-10)22-8-4-13(21-22)25-9-7-15(5-6-15)16(17,18)19/h2-4,8H,5-7,9H2,1H3,(H,23,24). The summed E-state index contributed by atoms with van der Waals surface area (Å²) in [5.41, 5.74) is -1.17. The van der Waals surface area contributed by atoms with Crippen LogP contribution in [0.15, 0.2) is 24.4 Å². The summed E-state index contributed by atoms with van der Waals surface area (Å²) in [7, 11) is 0. The van der Waals surface area contributed by atoms with Gasteiger partial charge in [-0.25, -0.2) is 14.5 Å². The fourth-order valence-corrected chi connectivity index (χ4v) is 2.59. The van der Waals surface area contributed by atoms with Crippen LogP contribution in [-0.4, -0.2) is 38.6 Å². The lowest BCUT2D eigenvalue weighted by Gasteiger charge is -2.18. The Bertz CT molecular complexity index is 797. The van der Waals surface area contributed by atoms with Gasteiger partial charge in [0.1, 0.15) is 0 Å². The fourth-order valence-electron chi connectivity index (χ4n) is 2.59. The molecule has 0 saturated heterocycles. The maximum atomic E-state index is 12.8. The van der Waals surface area contributed by atoms with E-state index in [9.17, 15) is 18.0 Å². The number of alkyl halides is 3. The number of ether oxygens (including phenoxy) is 1. The van der Waals surface area contributed by atoms with Gasteiger partial charge in [0.15, 0.2) is 5.82 Å². The second-order valence-electron chi connectivity index (χ2n) is 6.08. The Labute approximate surface area is 141 Å². The van der Waals surface area contributed by atoms with Gasteiger partial charge in [0, 0.05) is 12.3 Å². The molecule has 134 valence electrons. The molecule has 1 saturated carbocycles. The second-order valence-corrected chi connectivity index (χ2v) is 6.08. The molecule has 6 nitrogen and oxygen atoms in total. The van der Waals surface area contributed by atoms with Crippen LogP contribution in [0.25, 0.3) is 5.82 Å². The summed E-state index contributed by atoms with van der Waals surface area (Å²) < 4.78 is 45.2. The lowest BCUT2D eigenvalue weighted by molar-refractivity contribution is -0.190. The van der Waals surface area contributed by atoms with E-state index in [2.05, 4.69) is 10.1 Å². The molecule has 0 bridgehead atoms. The summed E-state index contributed by atoms with van der Waals surface area (Å²) in [4.78, 5) is 15.1. The first-order valence-corrected chi connectivity index (χ1v) is 7.68. The van der Waals surface area contributed by atoms with Crippen LogP contribution in [0.3, 0.4) is 0 Å². The van der Waals surface area contributed by atoms with Crippen LogP contribution in [0.4, 0.5) is 13.2 Å². The normalized spacial score (nSPS) is 15.8. The minimum Gasteiger partial charge on any atom is -0.478 e. The molecule has 1 fully saturated rings. The molecule has 9 heteroatoms. The van der Waals surface area contributed by atoms with E-state index in [1.54, 1.807) is 13.1 Å². The largest absolute Gasteiger partial charge is 0.478 e. The van der Waals surface area contributed by atoms with E-state index >= 15 is 0 Å². The van der Waals surface area contributed by atoms with Crippen LogP contribution in [0, 0.1) is 12.3 Å². The first-order chi connectivity index (χ1) is 11.7. The lowest BCUT2D eigenvalue weighted by atomic mass is 10.0. The summed E-state index contributed by atoms with van der Waals surface area (Å²) in [5.74, 6) is -0.481. The summed E-state index contributed by atoms with van der Waals surface area (Å²) in [5, 5.41) is 13.1. The van der Waals surface area contributed by atoms with Crippen molar-refractivity contribution in [3.63, 3.8) is 0 Å². The smallest absolute Gasteiger partial charge is 0.394 e. The molecule has 0 aliphatic heterocycles. The minimum absolute atomic E-state index is 0.0685. The van der Waals surface area contributed by atoms with Crippen LogP contribution in [0.1, 0.15) is 35.3 Å². The number of hydrogen-bond donors (Lipinski definition) is 1. The SMILES string of the molecule is Cc1nc(-n2ccc(OCCC3(C(F)(F)F)CC3)n2)ccc1C(=O)O. The van der Waals surface area contributed by atoms with Crippen molar-refractivity contribution in [2.75, 3.05) is 6.61 Å². The number of halogens is 3. The molecule has 0 aromatic carbocycles. The molecule has 3 rings (SSSR count).